The molecule has 27 heavy (non-hydrogen) atoms. The van der Waals surface area contributed by atoms with Crippen molar-refractivity contribution in [3.8, 4) is 0 Å². The third kappa shape index (κ3) is 4.81. The Labute approximate surface area is 162 Å². The number of thioether (sulfide) groups is 1. The number of rotatable bonds is 7. The van der Waals surface area contributed by atoms with E-state index >= 15 is 0 Å². The molecule has 3 rings (SSSR count). The molecule has 146 valence electrons. The van der Waals surface area contributed by atoms with E-state index in [1.807, 2.05) is 17.0 Å². The van der Waals surface area contributed by atoms with E-state index in [2.05, 4.69) is 5.32 Å². The Balaban J connectivity index is 1.68. The second kappa shape index (κ2) is 8.75. The standard InChI is InChI=1S/C19H25N3O4S/c20-17(23)11-27-16-8-4-2-6-13(16)21-18(24)10-22-14-7-3-1-5-12(14)9-15(22)19(25)26/h2,4,6,8,12,14-15H,1,3,5,7,9-11H2,(H2,20,23)(H,21,24)(H,25,26). The van der Waals surface area contributed by atoms with E-state index in [0.717, 1.165) is 30.6 Å². The summed E-state index contributed by atoms with van der Waals surface area (Å²) < 4.78 is 0. The Hall–Kier alpha value is -2.06. The summed E-state index contributed by atoms with van der Waals surface area (Å²) in [5, 5.41) is 12.4. The summed E-state index contributed by atoms with van der Waals surface area (Å²) >= 11 is 1.27. The largest absolute Gasteiger partial charge is 0.480 e. The molecule has 0 aromatic heterocycles. The molecule has 1 aliphatic carbocycles. The third-order valence-electron chi connectivity index (χ3n) is 5.36. The van der Waals surface area contributed by atoms with Crippen LogP contribution < -0.4 is 11.1 Å². The number of aliphatic carboxylic acids is 1. The first-order valence-corrected chi connectivity index (χ1v) is 10.2. The van der Waals surface area contributed by atoms with Crippen molar-refractivity contribution < 1.29 is 19.5 Å². The molecule has 4 N–H and O–H groups in total. The fourth-order valence-corrected chi connectivity index (χ4v) is 4.97. The number of likely N-dealkylation sites (tertiary alicyclic amines) is 1. The van der Waals surface area contributed by atoms with E-state index in [-0.39, 0.29) is 24.2 Å². The molecule has 8 heteroatoms. The van der Waals surface area contributed by atoms with Gasteiger partial charge in [0.05, 0.1) is 18.0 Å². The second-order valence-electron chi connectivity index (χ2n) is 7.17. The molecule has 1 saturated carbocycles. The fourth-order valence-electron chi connectivity index (χ4n) is 4.22. The summed E-state index contributed by atoms with van der Waals surface area (Å²) in [5.74, 6) is -1.02. The van der Waals surface area contributed by atoms with E-state index in [1.165, 1.54) is 11.8 Å². The predicted molar refractivity (Wildman–Crippen MR) is 103 cm³/mol. The van der Waals surface area contributed by atoms with Gasteiger partial charge in [0.15, 0.2) is 0 Å². The summed E-state index contributed by atoms with van der Waals surface area (Å²) in [5.41, 5.74) is 5.81. The SMILES string of the molecule is NC(=O)CSc1ccccc1NC(=O)CN1C(C(=O)O)CC2CCCCC21. The van der Waals surface area contributed by atoms with Crippen LogP contribution in [0.15, 0.2) is 29.2 Å². The van der Waals surface area contributed by atoms with Gasteiger partial charge in [-0.2, -0.15) is 0 Å². The number of nitrogens with zero attached hydrogens (tertiary/aromatic N) is 1. The number of amides is 2. The lowest BCUT2D eigenvalue weighted by Gasteiger charge is -2.32. The maximum atomic E-state index is 12.7. The molecule has 0 bridgehead atoms. The average Bonchev–Trinajstić information content (AvgIpc) is 3.00. The first kappa shape index (κ1) is 19.7. The molecule has 1 aromatic rings. The number of benzene rings is 1. The molecule has 3 unspecified atom stereocenters. The summed E-state index contributed by atoms with van der Waals surface area (Å²) in [6.07, 6.45) is 4.83. The van der Waals surface area contributed by atoms with E-state index in [1.54, 1.807) is 12.1 Å². The van der Waals surface area contributed by atoms with Crippen LogP contribution in [0.4, 0.5) is 5.69 Å². The van der Waals surface area contributed by atoms with Crippen LogP contribution >= 0.6 is 11.8 Å². The first-order chi connectivity index (χ1) is 13.0. The highest BCUT2D eigenvalue weighted by Gasteiger charge is 2.45. The summed E-state index contributed by atoms with van der Waals surface area (Å²) in [4.78, 5) is 38.0. The minimum Gasteiger partial charge on any atom is -0.480 e. The van der Waals surface area contributed by atoms with Gasteiger partial charge in [0.25, 0.3) is 0 Å². The summed E-state index contributed by atoms with van der Waals surface area (Å²) in [6.45, 7) is 0.0625. The number of carbonyl (C=O) groups is 3. The van der Waals surface area contributed by atoms with Crippen LogP contribution in [0.5, 0.6) is 0 Å². The normalized spacial score (nSPS) is 25.0. The number of para-hydroxylation sites is 1. The minimum absolute atomic E-state index is 0.0625. The highest BCUT2D eigenvalue weighted by molar-refractivity contribution is 8.00. The van der Waals surface area contributed by atoms with Crippen molar-refractivity contribution >= 4 is 35.2 Å². The molecular formula is C19H25N3O4S. The van der Waals surface area contributed by atoms with Crippen LogP contribution in [0.2, 0.25) is 0 Å². The van der Waals surface area contributed by atoms with E-state index in [0.29, 0.717) is 18.0 Å². The van der Waals surface area contributed by atoms with Crippen molar-refractivity contribution in [2.24, 2.45) is 11.7 Å². The molecular weight excluding hydrogens is 366 g/mol. The Morgan fingerprint density at radius 2 is 1.96 bits per heavy atom. The van der Waals surface area contributed by atoms with Gasteiger partial charge in [0, 0.05) is 10.9 Å². The first-order valence-electron chi connectivity index (χ1n) is 9.24. The lowest BCUT2D eigenvalue weighted by molar-refractivity contribution is -0.143. The molecule has 0 spiro atoms. The van der Waals surface area contributed by atoms with Crippen molar-refractivity contribution in [2.45, 2.75) is 49.1 Å². The molecule has 1 aromatic carbocycles. The van der Waals surface area contributed by atoms with E-state index in [4.69, 9.17) is 5.73 Å². The average molecular weight is 391 g/mol. The second-order valence-corrected chi connectivity index (χ2v) is 8.19. The molecule has 2 amide bonds. The van der Waals surface area contributed by atoms with Crippen LogP contribution in [0, 0.1) is 5.92 Å². The quantitative estimate of drug-likeness (QED) is 0.612. The number of carboxylic acids is 1. The molecule has 2 fully saturated rings. The Morgan fingerprint density at radius 3 is 2.70 bits per heavy atom. The van der Waals surface area contributed by atoms with Gasteiger partial charge in [0.1, 0.15) is 6.04 Å². The van der Waals surface area contributed by atoms with Crippen LogP contribution in [0.3, 0.4) is 0 Å². The van der Waals surface area contributed by atoms with Gasteiger partial charge in [-0.15, -0.1) is 11.8 Å². The Morgan fingerprint density at radius 1 is 1.22 bits per heavy atom. The molecule has 7 nitrogen and oxygen atoms in total. The van der Waals surface area contributed by atoms with E-state index in [9.17, 15) is 19.5 Å². The maximum absolute atomic E-state index is 12.7. The lowest BCUT2D eigenvalue weighted by atomic mass is 9.85. The maximum Gasteiger partial charge on any atom is 0.320 e. The predicted octanol–water partition coefficient (Wildman–Crippen LogP) is 1.92. The fraction of sp³-hybridized carbons (Fsp3) is 0.526. The number of anilines is 1. The zero-order valence-electron chi connectivity index (χ0n) is 15.1. The third-order valence-corrected chi connectivity index (χ3v) is 6.46. The van der Waals surface area contributed by atoms with Gasteiger partial charge in [-0.3, -0.25) is 19.3 Å². The van der Waals surface area contributed by atoms with Gasteiger partial charge < -0.3 is 16.2 Å². The number of primary amides is 1. The topological polar surface area (TPSA) is 113 Å². The van der Waals surface area contributed by atoms with Crippen molar-refractivity contribution in [1.29, 1.82) is 0 Å². The van der Waals surface area contributed by atoms with Crippen molar-refractivity contribution in [3.05, 3.63) is 24.3 Å². The van der Waals surface area contributed by atoms with Crippen molar-refractivity contribution in [2.75, 3.05) is 17.6 Å². The number of hydrogen-bond donors (Lipinski definition) is 3. The molecule has 0 radical (unpaired) electrons. The number of fused-ring (bicyclic) bond motifs is 1. The van der Waals surface area contributed by atoms with Crippen molar-refractivity contribution in [1.82, 2.24) is 4.90 Å². The van der Waals surface area contributed by atoms with E-state index < -0.39 is 17.9 Å². The summed E-state index contributed by atoms with van der Waals surface area (Å²) in [7, 11) is 0. The number of carboxylic acid groups (broad SMARTS) is 1. The number of nitrogens with one attached hydrogen (secondary N) is 1. The van der Waals surface area contributed by atoms with Crippen LogP contribution in [-0.4, -0.2) is 52.2 Å². The molecule has 1 heterocycles. The highest BCUT2D eigenvalue weighted by atomic mass is 32.2. The smallest absolute Gasteiger partial charge is 0.320 e. The zero-order chi connectivity index (χ0) is 19.4. The number of hydrogen-bond acceptors (Lipinski definition) is 5. The number of carbonyl (C=O) groups excluding carboxylic acids is 2. The lowest BCUT2D eigenvalue weighted by Crippen LogP contribution is -2.46. The van der Waals surface area contributed by atoms with Gasteiger partial charge in [-0.05, 0) is 37.3 Å². The zero-order valence-corrected chi connectivity index (χ0v) is 15.9. The minimum atomic E-state index is -0.852. The van der Waals surface area contributed by atoms with Crippen molar-refractivity contribution in [3.63, 3.8) is 0 Å². The van der Waals surface area contributed by atoms with Crippen LogP contribution in [-0.2, 0) is 14.4 Å². The summed E-state index contributed by atoms with van der Waals surface area (Å²) in [6, 6.07) is 6.79. The van der Waals surface area contributed by atoms with Crippen LogP contribution in [0.25, 0.3) is 0 Å². The Bertz CT molecular complexity index is 727. The van der Waals surface area contributed by atoms with Crippen LogP contribution in [0.1, 0.15) is 32.1 Å². The molecule has 1 saturated heterocycles. The van der Waals surface area contributed by atoms with Gasteiger partial charge in [0.2, 0.25) is 11.8 Å². The molecule has 3 atom stereocenters. The monoisotopic (exact) mass is 391 g/mol. The number of nitrogens with two attached hydrogens (primary N) is 1. The molecule has 1 aliphatic heterocycles. The molecule has 2 aliphatic rings. The Kier molecular flexibility index (Phi) is 6.38. The van der Waals surface area contributed by atoms with Gasteiger partial charge >= 0.3 is 5.97 Å². The van der Waals surface area contributed by atoms with Gasteiger partial charge in [-0.1, -0.05) is 25.0 Å². The highest BCUT2D eigenvalue weighted by Crippen LogP contribution is 2.39. The van der Waals surface area contributed by atoms with Gasteiger partial charge in [-0.25, -0.2) is 0 Å².